The Morgan fingerprint density at radius 1 is 1.42 bits per heavy atom. The highest BCUT2D eigenvalue weighted by Gasteiger charge is 2.22. The van der Waals surface area contributed by atoms with Crippen molar-refractivity contribution >= 4 is 5.69 Å². The maximum atomic E-state index is 10.3. The molecule has 4 heteroatoms. The van der Waals surface area contributed by atoms with Crippen LogP contribution in [-0.2, 0) is 0 Å². The van der Waals surface area contributed by atoms with Crippen molar-refractivity contribution in [3.8, 4) is 0 Å². The van der Waals surface area contributed by atoms with Gasteiger partial charge in [0.25, 0.3) is 0 Å². The van der Waals surface area contributed by atoms with Gasteiger partial charge in [-0.25, -0.2) is 0 Å². The van der Waals surface area contributed by atoms with Gasteiger partial charge in [0, 0.05) is 24.8 Å². The van der Waals surface area contributed by atoms with Gasteiger partial charge < -0.3 is 15.7 Å². The molecule has 0 aromatic heterocycles. The Morgan fingerprint density at radius 3 is 2.74 bits per heavy atom. The van der Waals surface area contributed by atoms with E-state index < -0.39 is 6.10 Å². The molecule has 2 atom stereocenters. The molecule has 3 N–H and O–H groups in total. The van der Waals surface area contributed by atoms with Crippen LogP contribution in [0.15, 0.2) is 24.3 Å². The topological polar surface area (TPSA) is 52.7 Å². The third-order valence-electron chi connectivity index (χ3n) is 4.01. The minimum Gasteiger partial charge on any atom is -0.399 e. The second-order valence-electron chi connectivity index (χ2n) is 5.68. The molecular weight excluding hydrogens is 238 g/mol. The molecule has 1 saturated heterocycles. The van der Waals surface area contributed by atoms with E-state index in [0.717, 1.165) is 17.8 Å². The Morgan fingerprint density at radius 2 is 2.11 bits per heavy atom. The van der Waals surface area contributed by atoms with Crippen molar-refractivity contribution in [2.45, 2.75) is 25.0 Å². The van der Waals surface area contributed by atoms with E-state index in [9.17, 15) is 5.11 Å². The van der Waals surface area contributed by atoms with Crippen LogP contribution in [0.5, 0.6) is 0 Å². The number of anilines is 1. The molecule has 0 bridgehead atoms. The summed E-state index contributed by atoms with van der Waals surface area (Å²) in [5.74, 6) is 0. The quantitative estimate of drug-likeness (QED) is 0.805. The molecule has 1 aliphatic rings. The molecule has 2 unspecified atom stereocenters. The summed E-state index contributed by atoms with van der Waals surface area (Å²) in [5, 5.41) is 10.3. The van der Waals surface area contributed by atoms with E-state index in [1.165, 1.54) is 19.4 Å². The van der Waals surface area contributed by atoms with Gasteiger partial charge in [0.15, 0.2) is 0 Å². The Balaban J connectivity index is 1.90. The van der Waals surface area contributed by atoms with Crippen LogP contribution in [0, 0.1) is 0 Å². The fourth-order valence-corrected chi connectivity index (χ4v) is 2.74. The first-order chi connectivity index (χ1) is 9.06. The number of piperidine rings is 1. The fourth-order valence-electron chi connectivity index (χ4n) is 2.74. The first kappa shape index (κ1) is 14.3. The average Bonchev–Trinajstić information content (AvgIpc) is 2.39. The lowest BCUT2D eigenvalue weighted by Crippen LogP contribution is -2.46. The first-order valence-corrected chi connectivity index (χ1v) is 6.98. The second-order valence-corrected chi connectivity index (χ2v) is 5.68. The van der Waals surface area contributed by atoms with E-state index >= 15 is 0 Å². The van der Waals surface area contributed by atoms with Gasteiger partial charge in [0.2, 0.25) is 0 Å². The van der Waals surface area contributed by atoms with Crippen molar-refractivity contribution in [2.24, 2.45) is 0 Å². The number of likely N-dealkylation sites (tertiary alicyclic amines) is 1. The molecule has 19 heavy (non-hydrogen) atoms. The van der Waals surface area contributed by atoms with E-state index in [-0.39, 0.29) is 0 Å². The third kappa shape index (κ3) is 3.93. The SMILES string of the molecule is CN1CCCC(N(C)CC(O)c2ccc(N)cc2)C1. The van der Waals surface area contributed by atoms with Crippen molar-refractivity contribution in [1.82, 2.24) is 9.80 Å². The number of aliphatic hydroxyl groups is 1. The Bertz CT molecular complexity index is 393. The molecule has 0 amide bonds. The van der Waals surface area contributed by atoms with Crippen molar-refractivity contribution in [3.63, 3.8) is 0 Å². The van der Waals surface area contributed by atoms with Crippen LogP contribution in [0.1, 0.15) is 24.5 Å². The van der Waals surface area contributed by atoms with Gasteiger partial charge in [-0.1, -0.05) is 12.1 Å². The molecular formula is C15H25N3O. The van der Waals surface area contributed by atoms with Gasteiger partial charge in [0.05, 0.1) is 6.10 Å². The predicted molar refractivity (Wildman–Crippen MR) is 79.0 cm³/mol. The number of nitrogens with two attached hydrogens (primary N) is 1. The highest BCUT2D eigenvalue weighted by molar-refractivity contribution is 5.39. The number of rotatable bonds is 4. The van der Waals surface area contributed by atoms with Crippen LogP contribution >= 0.6 is 0 Å². The first-order valence-electron chi connectivity index (χ1n) is 6.98. The Labute approximate surface area is 115 Å². The molecule has 1 aromatic rings. The summed E-state index contributed by atoms with van der Waals surface area (Å²) < 4.78 is 0. The molecule has 1 heterocycles. The maximum Gasteiger partial charge on any atom is 0.0916 e. The average molecular weight is 263 g/mol. The predicted octanol–water partition coefficient (Wildman–Crippen LogP) is 1.33. The van der Waals surface area contributed by atoms with Crippen LogP contribution in [0.3, 0.4) is 0 Å². The molecule has 0 saturated carbocycles. The smallest absolute Gasteiger partial charge is 0.0916 e. The van der Waals surface area contributed by atoms with Crippen LogP contribution in [-0.4, -0.2) is 54.7 Å². The number of nitrogen functional groups attached to an aromatic ring is 1. The monoisotopic (exact) mass is 263 g/mol. The maximum absolute atomic E-state index is 10.3. The second kappa shape index (κ2) is 6.37. The number of hydrogen-bond acceptors (Lipinski definition) is 4. The lowest BCUT2D eigenvalue weighted by atomic mass is 10.0. The molecule has 4 nitrogen and oxygen atoms in total. The fraction of sp³-hybridized carbons (Fsp3) is 0.600. The lowest BCUT2D eigenvalue weighted by Gasteiger charge is -2.36. The molecule has 2 rings (SSSR count). The molecule has 1 aromatic carbocycles. The summed E-state index contributed by atoms with van der Waals surface area (Å²) in [6.07, 6.45) is 2.01. The van der Waals surface area contributed by atoms with Crippen LogP contribution in [0.2, 0.25) is 0 Å². The van der Waals surface area contributed by atoms with E-state index in [2.05, 4.69) is 23.9 Å². The summed E-state index contributed by atoms with van der Waals surface area (Å²) in [7, 11) is 4.26. The van der Waals surface area contributed by atoms with Gasteiger partial charge in [0.1, 0.15) is 0 Å². The van der Waals surface area contributed by atoms with Crippen molar-refractivity contribution in [1.29, 1.82) is 0 Å². The number of benzene rings is 1. The number of aliphatic hydroxyl groups excluding tert-OH is 1. The van der Waals surface area contributed by atoms with Gasteiger partial charge in [-0.15, -0.1) is 0 Å². The summed E-state index contributed by atoms with van der Waals surface area (Å²) in [4.78, 5) is 4.64. The van der Waals surface area contributed by atoms with Crippen molar-refractivity contribution in [3.05, 3.63) is 29.8 Å². The zero-order valence-electron chi connectivity index (χ0n) is 11.9. The van der Waals surface area contributed by atoms with E-state index in [4.69, 9.17) is 5.73 Å². The number of likely N-dealkylation sites (N-methyl/N-ethyl adjacent to an activating group) is 2. The molecule has 0 spiro atoms. The Hall–Kier alpha value is -1.10. The largest absolute Gasteiger partial charge is 0.399 e. The summed E-state index contributed by atoms with van der Waals surface area (Å²) in [5.41, 5.74) is 7.33. The molecule has 0 aliphatic carbocycles. The van der Waals surface area contributed by atoms with Crippen LogP contribution < -0.4 is 5.73 Å². The lowest BCUT2D eigenvalue weighted by molar-refractivity contribution is 0.0742. The van der Waals surface area contributed by atoms with E-state index in [1.807, 2.05) is 24.3 Å². The van der Waals surface area contributed by atoms with Gasteiger partial charge in [-0.2, -0.15) is 0 Å². The van der Waals surface area contributed by atoms with Gasteiger partial charge >= 0.3 is 0 Å². The molecule has 1 fully saturated rings. The third-order valence-corrected chi connectivity index (χ3v) is 4.01. The molecule has 106 valence electrons. The van der Waals surface area contributed by atoms with E-state index in [0.29, 0.717) is 12.6 Å². The summed E-state index contributed by atoms with van der Waals surface area (Å²) in [6, 6.07) is 8.03. The van der Waals surface area contributed by atoms with Crippen LogP contribution in [0.25, 0.3) is 0 Å². The minimum atomic E-state index is -0.446. The summed E-state index contributed by atoms with van der Waals surface area (Å²) in [6.45, 7) is 2.94. The minimum absolute atomic E-state index is 0.446. The Kier molecular flexibility index (Phi) is 4.80. The highest BCUT2D eigenvalue weighted by Crippen LogP contribution is 2.19. The normalized spacial score (nSPS) is 22.6. The number of nitrogens with zero attached hydrogens (tertiary/aromatic N) is 2. The summed E-state index contributed by atoms with van der Waals surface area (Å²) >= 11 is 0. The molecule has 0 radical (unpaired) electrons. The zero-order chi connectivity index (χ0) is 13.8. The van der Waals surface area contributed by atoms with Gasteiger partial charge in [-0.05, 0) is 51.2 Å². The zero-order valence-corrected chi connectivity index (χ0v) is 11.9. The highest BCUT2D eigenvalue weighted by atomic mass is 16.3. The van der Waals surface area contributed by atoms with E-state index in [1.54, 1.807) is 0 Å². The van der Waals surface area contributed by atoms with Crippen LogP contribution in [0.4, 0.5) is 5.69 Å². The standard InChI is InChI=1S/C15H25N3O/c1-17-9-3-4-14(10-17)18(2)11-15(19)12-5-7-13(16)8-6-12/h5-8,14-15,19H,3-4,9-11,16H2,1-2H3. The van der Waals surface area contributed by atoms with Crippen molar-refractivity contribution < 1.29 is 5.11 Å². The number of hydrogen-bond donors (Lipinski definition) is 2. The van der Waals surface area contributed by atoms with Gasteiger partial charge in [-0.3, -0.25) is 4.90 Å². The molecule has 1 aliphatic heterocycles. The van der Waals surface area contributed by atoms with Crippen molar-refractivity contribution in [2.75, 3.05) is 39.5 Å².